The van der Waals surface area contributed by atoms with Crippen LogP contribution in [0.1, 0.15) is 68.2 Å². The minimum atomic E-state index is -2.07. The van der Waals surface area contributed by atoms with E-state index in [0.29, 0.717) is 28.6 Å². The Balaban J connectivity index is 1.40. The Morgan fingerprint density at radius 3 is 1.98 bits per heavy atom. The number of rotatable bonds is 19. The first-order valence-electron chi connectivity index (χ1n) is 20.2. The van der Waals surface area contributed by atoms with Crippen molar-refractivity contribution in [1.29, 1.82) is 0 Å². The molecule has 13 nitrogen and oxygen atoms in total. The molecule has 4 aromatic carbocycles. The molecule has 324 valence electrons. The molecule has 0 spiro atoms. The third-order valence-electron chi connectivity index (χ3n) is 10.5. The van der Waals surface area contributed by atoms with E-state index in [2.05, 4.69) is 15.0 Å². The summed E-state index contributed by atoms with van der Waals surface area (Å²) >= 11 is 5.62. The van der Waals surface area contributed by atoms with Crippen molar-refractivity contribution in [2.75, 3.05) is 34.0 Å². The molecule has 1 aliphatic rings. The van der Waals surface area contributed by atoms with Gasteiger partial charge in [0.05, 0.1) is 33.9 Å². The number of benzene rings is 4. The van der Waals surface area contributed by atoms with Gasteiger partial charge in [0.2, 0.25) is 5.79 Å². The molecule has 3 N–H and O–H groups in total. The lowest BCUT2D eigenvalue weighted by molar-refractivity contribution is -0.201. The van der Waals surface area contributed by atoms with Crippen LogP contribution in [0.5, 0.6) is 11.5 Å². The van der Waals surface area contributed by atoms with Gasteiger partial charge in [0, 0.05) is 36.0 Å². The summed E-state index contributed by atoms with van der Waals surface area (Å²) in [5.41, 5.74) is 1.06. The zero-order valence-corrected chi connectivity index (χ0v) is 37.3. The lowest BCUT2D eigenvalue weighted by Crippen LogP contribution is -2.47. The van der Waals surface area contributed by atoms with Gasteiger partial charge >= 0.3 is 5.69 Å². The van der Waals surface area contributed by atoms with Gasteiger partial charge < -0.3 is 33.9 Å². The Labute approximate surface area is 363 Å². The minimum absolute atomic E-state index is 0.0544. The smallest absolute Gasteiger partial charge is 0.330 e. The molecule has 0 aliphatic carbocycles. The van der Waals surface area contributed by atoms with Crippen LogP contribution < -0.4 is 26.0 Å². The van der Waals surface area contributed by atoms with Crippen molar-refractivity contribution in [2.24, 2.45) is 0 Å². The van der Waals surface area contributed by atoms with Gasteiger partial charge in [0.1, 0.15) is 34.4 Å². The molecule has 1 saturated heterocycles. The summed E-state index contributed by atoms with van der Waals surface area (Å²) in [7, 11) is 1.25. The number of thiocarbonyl (C=S) groups is 1. The quantitative estimate of drug-likeness (QED) is 0.0254. The first-order valence-corrected chi connectivity index (χ1v) is 21.8. The number of methoxy groups -OCH3 is 2. The number of nitrogens with zero attached hydrogens (tertiary/aromatic N) is 2. The van der Waals surface area contributed by atoms with Crippen LogP contribution in [0.4, 0.5) is 0 Å². The largest absolute Gasteiger partial charge is 0.497 e. The summed E-state index contributed by atoms with van der Waals surface area (Å²) < 4.78 is 41.6. The molecule has 0 amide bonds. The molecule has 0 radical (unpaired) electrons. The van der Waals surface area contributed by atoms with Gasteiger partial charge in [-0.05, 0) is 75.6 Å². The predicted molar refractivity (Wildman–Crippen MR) is 240 cm³/mol. The van der Waals surface area contributed by atoms with E-state index in [1.165, 1.54) is 10.8 Å². The number of aliphatic hydroxyl groups is 1. The Kier molecular flexibility index (Phi) is 15.3. The molecule has 61 heavy (non-hydrogen) atoms. The normalized spacial score (nSPS) is 18.4. The molecule has 0 saturated carbocycles. The van der Waals surface area contributed by atoms with Crippen LogP contribution >= 0.6 is 20.7 Å². The highest BCUT2D eigenvalue weighted by molar-refractivity contribution is 7.80. The van der Waals surface area contributed by atoms with Crippen LogP contribution in [-0.4, -0.2) is 82.3 Å². The molecule has 1 fully saturated rings. The highest BCUT2D eigenvalue weighted by Crippen LogP contribution is 2.53. The molecular formula is C46H55N4O9PS. The number of hydrogen-bond acceptors (Lipinski definition) is 11. The Morgan fingerprint density at radius 2 is 1.44 bits per heavy atom. The van der Waals surface area contributed by atoms with E-state index in [-0.39, 0.29) is 31.7 Å². The molecular weight excluding hydrogens is 816 g/mol. The summed E-state index contributed by atoms with van der Waals surface area (Å²) in [5, 5.41) is 16.2. The van der Waals surface area contributed by atoms with E-state index in [9.17, 15) is 14.7 Å². The van der Waals surface area contributed by atoms with Crippen LogP contribution in [-0.2, 0) is 24.1 Å². The molecule has 4 atom stereocenters. The summed E-state index contributed by atoms with van der Waals surface area (Å²) in [6, 6.07) is 34.5. The van der Waals surface area contributed by atoms with Gasteiger partial charge in [-0.1, -0.05) is 97.1 Å². The Bertz CT molecular complexity index is 2260. The van der Waals surface area contributed by atoms with Crippen molar-refractivity contribution in [1.82, 2.24) is 19.5 Å². The summed E-state index contributed by atoms with van der Waals surface area (Å²) in [5.74, 6) is -0.745. The fraction of sp³-hybridized carbons (Fsp3) is 0.370. The molecule has 1 aliphatic heterocycles. The van der Waals surface area contributed by atoms with Crippen molar-refractivity contribution in [3.63, 3.8) is 0 Å². The van der Waals surface area contributed by atoms with E-state index in [0.717, 1.165) is 22.3 Å². The van der Waals surface area contributed by atoms with E-state index in [1.807, 2.05) is 137 Å². The van der Waals surface area contributed by atoms with Crippen LogP contribution in [0.25, 0.3) is 0 Å². The zero-order chi connectivity index (χ0) is 43.7. The first-order chi connectivity index (χ1) is 29.3. The average molecular weight is 871 g/mol. The fourth-order valence-corrected chi connectivity index (χ4v) is 9.44. The highest BCUT2D eigenvalue weighted by Gasteiger charge is 2.54. The van der Waals surface area contributed by atoms with E-state index in [4.69, 9.17) is 40.2 Å². The van der Waals surface area contributed by atoms with Gasteiger partial charge in [0.15, 0.2) is 0 Å². The zero-order valence-electron chi connectivity index (χ0n) is 35.6. The monoisotopic (exact) mass is 870 g/mol. The van der Waals surface area contributed by atoms with Crippen LogP contribution in [0, 0.1) is 6.92 Å². The average Bonchev–Trinajstić information content (AvgIpc) is 3.59. The molecule has 0 bridgehead atoms. The summed E-state index contributed by atoms with van der Waals surface area (Å²) in [4.78, 5) is 28.7. The van der Waals surface area contributed by atoms with Crippen molar-refractivity contribution >= 4 is 25.7 Å². The molecule has 5 aromatic rings. The first kappa shape index (κ1) is 45.8. The third-order valence-corrected chi connectivity index (χ3v) is 13.0. The maximum absolute atomic E-state index is 13.3. The maximum Gasteiger partial charge on any atom is 0.330 e. The molecule has 2 heterocycles. The number of aromatic nitrogens is 2. The SMILES string of the molecule is COc1ccc(C(OC[C@H]2O[C@@H](n3cc(C)c(=O)[nH]c3=O)C[C@]2(O)OP(OCCNC(=S)c2ccccc2)N(C(C)C)C(C)C)(c2ccccc2)c2ccc(OC)cc2)cc1. The summed E-state index contributed by atoms with van der Waals surface area (Å²) in [6.07, 6.45) is -1.01. The standard InChI is InChI=1S/C46H55N4O9PS/c1-31(2)50(32(3)4)60(57-27-26-47-43(61)34-14-10-8-11-15-34)59-45(53)28-41(49-29-33(5)42(51)48-44(49)52)58-40(45)30-56-46(35-16-12-9-13-17-35,36-18-22-38(54-6)23-19-36)37-20-24-39(55-7)25-21-37/h8-25,29,31-32,40-41,53H,26-28,30H2,1-7H3,(H,47,61)(H,48,51,52)/t40-,41-,45+,60?/m1/s1. The van der Waals surface area contributed by atoms with Gasteiger partial charge in [-0.25, -0.2) is 9.46 Å². The third kappa shape index (κ3) is 10.5. The lowest BCUT2D eigenvalue weighted by Gasteiger charge is -2.41. The highest BCUT2D eigenvalue weighted by atomic mass is 32.1. The van der Waals surface area contributed by atoms with Gasteiger partial charge in [-0.2, -0.15) is 0 Å². The van der Waals surface area contributed by atoms with Gasteiger partial charge in [-0.15, -0.1) is 0 Å². The molecule has 1 aromatic heterocycles. The molecule has 1 unspecified atom stereocenters. The second-order valence-electron chi connectivity index (χ2n) is 15.3. The Morgan fingerprint density at radius 1 is 0.902 bits per heavy atom. The van der Waals surface area contributed by atoms with Crippen molar-refractivity contribution in [3.05, 3.63) is 164 Å². The second kappa shape index (κ2) is 20.4. The lowest BCUT2D eigenvalue weighted by atomic mass is 9.80. The van der Waals surface area contributed by atoms with E-state index >= 15 is 0 Å². The van der Waals surface area contributed by atoms with Crippen LogP contribution in [0.3, 0.4) is 0 Å². The number of H-pyrrole nitrogens is 1. The number of hydrogen-bond donors (Lipinski definition) is 3. The summed E-state index contributed by atoms with van der Waals surface area (Å²) in [6.45, 7) is 10.1. The van der Waals surface area contributed by atoms with Crippen molar-refractivity contribution < 1.29 is 33.1 Å². The Hall–Kier alpha value is -4.76. The van der Waals surface area contributed by atoms with Crippen LogP contribution in [0.2, 0.25) is 0 Å². The van der Waals surface area contributed by atoms with Gasteiger partial charge in [-0.3, -0.25) is 18.9 Å². The molecule has 15 heteroatoms. The number of ether oxygens (including phenoxy) is 4. The minimum Gasteiger partial charge on any atom is -0.497 e. The van der Waals surface area contributed by atoms with Crippen molar-refractivity contribution in [3.8, 4) is 11.5 Å². The number of aryl methyl sites for hydroxylation is 1. The number of aromatic amines is 1. The fourth-order valence-electron chi connectivity index (χ4n) is 7.46. The number of nitrogens with one attached hydrogen (secondary N) is 2. The predicted octanol–water partition coefficient (Wildman–Crippen LogP) is 7.19. The van der Waals surface area contributed by atoms with E-state index in [1.54, 1.807) is 21.1 Å². The molecule has 6 rings (SSSR count). The van der Waals surface area contributed by atoms with Gasteiger partial charge in [0.25, 0.3) is 14.1 Å². The topological polar surface area (TPSA) is 146 Å². The van der Waals surface area contributed by atoms with Crippen molar-refractivity contribution in [2.45, 2.75) is 76.8 Å². The second-order valence-corrected chi connectivity index (χ2v) is 17.1. The maximum atomic E-state index is 13.3. The van der Waals surface area contributed by atoms with E-state index < -0.39 is 43.5 Å². The van der Waals surface area contributed by atoms with Crippen LogP contribution in [0.15, 0.2) is 125 Å².